The molecule has 0 aliphatic heterocycles. The van der Waals surface area contributed by atoms with E-state index in [9.17, 15) is 4.79 Å². The van der Waals surface area contributed by atoms with Crippen LogP contribution in [-0.4, -0.2) is 27.3 Å². The first-order chi connectivity index (χ1) is 11.6. The molecule has 3 rings (SSSR count). The van der Waals surface area contributed by atoms with Gasteiger partial charge in [-0.3, -0.25) is 4.79 Å². The number of nitrogens with one attached hydrogen (secondary N) is 1. The van der Waals surface area contributed by atoms with Crippen molar-refractivity contribution in [2.45, 2.75) is 63.7 Å². The first-order valence-corrected chi connectivity index (χ1v) is 9.99. The zero-order valence-electron chi connectivity index (χ0n) is 14.6. The highest BCUT2D eigenvalue weighted by Crippen LogP contribution is 2.25. The quantitative estimate of drug-likeness (QED) is 0.797. The van der Waals surface area contributed by atoms with E-state index in [0.29, 0.717) is 17.7 Å². The lowest BCUT2D eigenvalue weighted by Gasteiger charge is -2.22. The number of amides is 1. The van der Waals surface area contributed by atoms with Gasteiger partial charge in [0.25, 0.3) is 0 Å². The summed E-state index contributed by atoms with van der Waals surface area (Å²) >= 11 is 1.55. The molecule has 130 valence electrons. The summed E-state index contributed by atoms with van der Waals surface area (Å²) in [5.41, 5.74) is 2.16. The maximum atomic E-state index is 12.3. The van der Waals surface area contributed by atoms with Crippen molar-refractivity contribution in [1.82, 2.24) is 14.9 Å². The van der Waals surface area contributed by atoms with Crippen molar-refractivity contribution in [3.63, 3.8) is 0 Å². The van der Waals surface area contributed by atoms with Crippen molar-refractivity contribution in [1.29, 1.82) is 0 Å². The van der Waals surface area contributed by atoms with Gasteiger partial charge in [-0.2, -0.15) is 0 Å². The van der Waals surface area contributed by atoms with Crippen molar-refractivity contribution in [2.24, 2.45) is 5.92 Å². The highest BCUT2D eigenvalue weighted by molar-refractivity contribution is 7.99. The third kappa shape index (κ3) is 4.32. The van der Waals surface area contributed by atoms with E-state index in [0.717, 1.165) is 35.6 Å². The second kappa shape index (κ2) is 8.06. The molecule has 0 spiro atoms. The summed E-state index contributed by atoms with van der Waals surface area (Å²) in [5, 5.41) is 4.13. The maximum absolute atomic E-state index is 12.3. The lowest BCUT2D eigenvalue weighted by Crippen LogP contribution is -2.37. The lowest BCUT2D eigenvalue weighted by atomic mass is 9.95. The number of hydrogen-bond donors (Lipinski definition) is 1. The van der Waals surface area contributed by atoms with Crippen LogP contribution in [0.2, 0.25) is 0 Å². The predicted octanol–water partition coefficient (Wildman–Crippen LogP) is 4.23. The SMILES string of the molecule is CC(C)Cn1c(SCC(=O)NC2CCCCC2)nc2ccccc21. The van der Waals surface area contributed by atoms with E-state index in [-0.39, 0.29) is 5.91 Å². The minimum atomic E-state index is 0.134. The smallest absolute Gasteiger partial charge is 0.230 e. The zero-order valence-corrected chi connectivity index (χ0v) is 15.4. The fraction of sp³-hybridized carbons (Fsp3) is 0.579. The molecule has 1 aliphatic rings. The Kier molecular flexibility index (Phi) is 5.82. The molecule has 24 heavy (non-hydrogen) atoms. The number of nitrogens with zero attached hydrogens (tertiary/aromatic N) is 2. The molecular formula is C19H27N3OS. The molecule has 1 heterocycles. The van der Waals surface area contributed by atoms with Crippen LogP contribution >= 0.6 is 11.8 Å². The van der Waals surface area contributed by atoms with Crippen molar-refractivity contribution >= 4 is 28.7 Å². The summed E-state index contributed by atoms with van der Waals surface area (Å²) in [4.78, 5) is 17.0. The van der Waals surface area contributed by atoms with Crippen molar-refractivity contribution in [3.05, 3.63) is 24.3 Å². The number of imidazole rings is 1. The van der Waals surface area contributed by atoms with Crippen molar-refractivity contribution in [3.8, 4) is 0 Å². The molecule has 1 amide bonds. The Hall–Kier alpha value is -1.49. The number of fused-ring (bicyclic) bond motifs is 1. The molecule has 0 saturated heterocycles. The van der Waals surface area contributed by atoms with Crippen LogP contribution in [0.25, 0.3) is 11.0 Å². The van der Waals surface area contributed by atoms with Gasteiger partial charge in [-0.25, -0.2) is 4.98 Å². The molecule has 0 unspecified atom stereocenters. The zero-order chi connectivity index (χ0) is 16.9. The number of carbonyl (C=O) groups is 1. The molecule has 0 atom stereocenters. The van der Waals surface area contributed by atoms with Crippen LogP contribution in [0.15, 0.2) is 29.4 Å². The lowest BCUT2D eigenvalue weighted by molar-refractivity contribution is -0.119. The van der Waals surface area contributed by atoms with Crippen molar-refractivity contribution in [2.75, 3.05) is 5.75 Å². The Morgan fingerprint density at radius 1 is 1.29 bits per heavy atom. The monoisotopic (exact) mass is 345 g/mol. The summed E-state index contributed by atoms with van der Waals surface area (Å²) in [5.74, 6) is 1.12. The molecule has 0 radical (unpaired) electrons. The summed E-state index contributed by atoms with van der Waals surface area (Å²) in [6, 6.07) is 8.58. The number of benzene rings is 1. The van der Waals surface area contributed by atoms with Gasteiger partial charge in [0.15, 0.2) is 5.16 Å². The average Bonchev–Trinajstić information content (AvgIpc) is 2.91. The molecule has 1 aromatic carbocycles. The Balaban J connectivity index is 1.66. The molecule has 2 aromatic rings. The van der Waals surface area contributed by atoms with E-state index in [4.69, 9.17) is 4.98 Å². The number of para-hydroxylation sites is 2. The van der Waals surface area contributed by atoms with Gasteiger partial charge in [0.1, 0.15) is 0 Å². The predicted molar refractivity (Wildman–Crippen MR) is 100 cm³/mol. The first kappa shape index (κ1) is 17.3. The average molecular weight is 346 g/mol. The molecule has 1 N–H and O–H groups in total. The highest BCUT2D eigenvalue weighted by atomic mass is 32.2. The Bertz CT molecular complexity index is 689. The standard InChI is InChI=1S/C19H27N3OS/c1-14(2)12-22-17-11-7-6-10-16(17)21-19(22)24-13-18(23)20-15-8-4-3-5-9-15/h6-7,10-11,14-15H,3-5,8-9,12-13H2,1-2H3,(H,20,23). The fourth-order valence-corrected chi connectivity index (χ4v) is 4.19. The van der Waals surface area contributed by atoms with Gasteiger partial charge in [-0.05, 0) is 30.9 Å². The van der Waals surface area contributed by atoms with E-state index >= 15 is 0 Å². The van der Waals surface area contributed by atoms with Gasteiger partial charge in [0.05, 0.1) is 16.8 Å². The highest BCUT2D eigenvalue weighted by Gasteiger charge is 2.17. The van der Waals surface area contributed by atoms with Crippen LogP contribution in [0.3, 0.4) is 0 Å². The van der Waals surface area contributed by atoms with Crippen LogP contribution in [0.5, 0.6) is 0 Å². The van der Waals surface area contributed by atoms with E-state index in [1.165, 1.54) is 19.3 Å². The molecule has 0 bridgehead atoms. The molecule has 1 saturated carbocycles. The Morgan fingerprint density at radius 3 is 2.79 bits per heavy atom. The summed E-state index contributed by atoms with van der Waals surface area (Å²) in [7, 11) is 0. The number of aromatic nitrogens is 2. The van der Waals surface area contributed by atoms with E-state index < -0.39 is 0 Å². The molecule has 1 fully saturated rings. The fourth-order valence-electron chi connectivity index (χ4n) is 3.35. The number of rotatable bonds is 6. The third-order valence-electron chi connectivity index (χ3n) is 4.47. The molecule has 5 heteroatoms. The van der Waals surface area contributed by atoms with E-state index in [2.05, 4.69) is 29.8 Å². The normalized spacial score (nSPS) is 16.0. The van der Waals surface area contributed by atoms with Crippen LogP contribution in [0.4, 0.5) is 0 Å². The maximum Gasteiger partial charge on any atom is 0.230 e. The van der Waals surface area contributed by atoms with Gasteiger partial charge < -0.3 is 9.88 Å². The van der Waals surface area contributed by atoms with Gasteiger partial charge >= 0.3 is 0 Å². The van der Waals surface area contributed by atoms with E-state index in [1.54, 1.807) is 11.8 Å². The largest absolute Gasteiger partial charge is 0.353 e. The first-order valence-electron chi connectivity index (χ1n) is 9.01. The number of carbonyl (C=O) groups excluding carboxylic acids is 1. The van der Waals surface area contributed by atoms with Crippen LogP contribution in [0.1, 0.15) is 46.0 Å². The van der Waals surface area contributed by atoms with Crippen LogP contribution in [0, 0.1) is 5.92 Å². The van der Waals surface area contributed by atoms with E-state index in [1.807, 2.05) is 18.2 Å². The van der Waals surface area contributed by atoms with Crippen LogP contribution in [-0.2, 0) is 11.3 Å². The minimum absolute atomic E-state index is 0.134. The van der Waals surface area contributed by atoms with Crippen molar-refractivity contribution < 1.29 is 4.79 Å². The Morgan fingerprint density at radius 2 is 2.04 bits per heavy atom. The minimum Gasteiger partial charge on any atom is -0.353 e. The number of thioether (sulfide) groups is 1. The number of hydrogen-bond acceptors (Lipinski definition) is 3. The third-order valence-corrected chi connectivity index (χ3v) is 5.45. The van der Waals surface area contributed by atoms with Gasteiger partial charge in [-0.15, -0.1) is 0 Å². The van der Waals surface area contributed by atoms with Gasteiger partial charge in [0.2, 0.25) is 5.91 Å². The second-order valence-corrected chi connectivity index (χ2v) is 8.02. The summed E-state index contributed by atoms with van der Waals surface area (Å²) < 4.78 is 2.25. The Labute approximate surface area is 148 Å². The topological polar surface area (TPSA) is 46.9 Å². The second-order valence-electron chi connectivity index (χ2n) is 7.08. The van der Waals surface area contributed by atoms with Gasteiger partial charge in [0, 0.05) is 12.6 Å². The molecular weight excluding hydrogens is 318 g/mol. The molecule has 4 nitrogen and oxygen atoms in total. The summed E-state index contributed by atoms with van der Waals surface area (Å²) in [6.45, 7) is 5.34. The van der Waals surface area contributed by atoms with Gasteiger partial charge in [-0.1, -0.05) is 57.0 Å². The van der Waals surface area contributed by atoms with Crippen LogP contribution < -0.4 is 5.32 Å². The molecule has 1 aliphatic carbocycles. The summed E-state index contributed by atoms with van der Waals surface area (Å²) in [6.07, 6.45) is 6.04. The molecule has 1 aromatic heterocycles.